The Kier molecular flexibility index (Phi) is 9.22. The van der Waals surface area contributed by atoms with E-state index >= 15 is 0 Å². The first kappa shape index (κ1) is 28.7. The van der Waals surface area contributed by atoms with Crippen molar-refractivity contribution in [1.29, 1.82) is 0 Å². The van der Waals surface area contributed by atoms with E-state index in [9.17, 15) is 34.9 Å². The highest BCUT2D eigenvalue weighted by atomic mass is 32.2. The Bertz CT molecular complexity index is 1610. The van der Waals surface area contributed by atoms with E-state index in [4.69, 9.17) is 0 Å². The van der Waals surface area contributed by atoms with Crippen LogP contribution in [0.25, 0.3) is 10.8 Å². The minimum absolute atomic E-state index is 0.0442. The van der Waals surface area contributed by atoms with Gasteiger partial charge in [-0.15, -0.1) is 0 Å². The molecule has 1 atom stereocenters. The summed E-state index contributed by atoms with van der Waals surface area (Å²) in [4.78, 5) is 46.9. The highest BCUT2D eigenvalue weighted by Crippen LogP contribution is 2.26. The number of hydrazone groups is 1. The largest absolute Gasteiger partial charge is 0.507 e. The normalized spacial score (nSPS) is 11.7. The van der Waals surface area contributed by atoms with Crippen molar-refractivity contribution in [3.8, 4) is 5.75 Å². The van der Waals surface area contributed by atoms with Crippen molar-refractivity contribution in [2.75, 3.05) is 5.75 Å². The molecule has 0 heterocycles. The molecule has 0 fully saturated rings. The van der Waals surface area contributed by atoms with Gasteiger partial charge in [-0.3, -0.25) is 29.8 Å². The Hall–Kier alpha value is -5.30. The number of hydrogen-bond acceptors (Lipinski definition) is 9. The summed E-state index contributed by atoms with van der Waals surface area (Å²) in [6.07, 6.45) is 1.29. The third-order valence-electron chi connectivity index (χ3n) is 5.92. The molecule has 0 bridgehead atoms. The van der Waals surface area contributed by atoms with E-state index in [1.54, 1.807) is 18.2 Å². The molecular weight excluding hydrogens is 550 g/mol. The summed E-state index contributed by atoms with van der Waals surface area (Å²) in [5, 5.41) is 40.8. The molecule has 4 rings (SSSR count). The Balaban J connectivity index is 1.54. The van der Waals surface area contributed by atoms with Crippen molar-refractivity contribution in [3.63, 3.8) is 0 Å². The summed E-state index contributed by atoms with van der Waals surface area (Å²) in [5.74, 6) is -1.03. The monoisotopic (exact) mass is 573 g/mol. The fourth-order valence-corrected chi connectivity index (χ4v) is 4.90. The van der Waals surface area contributed by atoms with E-state index in [1.165, 1.54) is 24.0 Å². The van der Waals surface area contributed by atoms with Gasteiger partial charge in [0.15, 0.2) is 0 Å². The second kappa shape index (κ2) is 13.2. The fraction of sp³-hybridized carbons (Fsp3) is 0.107. The molecule has 0 spiro atoms. The molecule has 1 unspecified atom stereocenters. The van der Waals surface area contributed by atoms with Crippen LogP contribution in [0.1, 0.15) is 21.5 Å². The smallest absolute Gasteiger partial charge is 0.277 e. The van der Waals surface area contributed by atoms with Gasteiger partial charge >= 0.3 is 0 Å². The van der Waals surface area contributed by atoms with Gasteiger partial charge in [-0.05, 0) is 22.4 Å². The number of non-ortho nitro benzene ring substituents is 2. The molecule has 0 saturated heterocycles. The lowest BCUT2D eigenvalue weighted by Crippen LogP contribution is -2.47. The topological polar surface area (TPSA) is 177 Å². The molecule has 3 N–H and O–H groups in total. The van der Waals surface area contributed by atoms with Gasteiger partial charge in [-0.1, -0.05) is 60.7 Å². The first-order valence-electron chi connectivity index (χ1n) is 12.1. The quantitative estimate of drug-likeness (QED) is 0.133. The van der Waals surface area contributed by atoms with E-state index in [2.05, 4.69) is 15.8 Å². The number of carbonyl (C=O) groups excluding carboxylic acids is 2. The zero-order valence-corrected chi connectivity index (χ0v) is 22.1. The van der Waals surface area contributed by atoms with Crippen LogP contribution < -0.4 is 10.7 Å². The fourth-order valence-electron chi connectivity index (χ4n) is 3.89. The molecule has 0 aliphatic rings. The summed E-state index contributed by atoms with van der Waals surface area (Å²) < 4.78 is 0. The summed E-state index contributed by atoms with van der Waals surface area (Å²) >= 11 is 1.35. The van der Waals surface area contributed by atoms with Crippen LogP contribution in [0, 0.1) is 20.2 Å². The zero-order chi connectivity index (χ0) is 29.4. The number of phenols is 1. The van der Waals surface area contributed by atoms with Crippen molar-refractivity contribution >= 4 is 51.9 Å². The van der Waals surface area contributed by atoms with E-state index in [0.29, 0.717) is 16.7 Å². The number of nitro benzene ring substituents is 2. The number of amides is 2. The minimum atomic E-state index is -1.16. The highest BCUT2D eigenvalue weighted by Gasteiger charge is 2.25. The van der Waals surface area contributed by atoms with Crippen LogP contribution in [0.2, 0.25) is 0 Å². The van der Waals surface area contributed by atoms with E-state index < -0.39 is 39.1 Å². The molecule has 13 heteroatoms. The molecule has 12 nitrogen and oxygen atoms in total. The maximum atomic E-state index is 13.1. The molecule has 0 aromatic heterocycles. The van der Waals surface area contributed by atoms with Crippen LogP contribution in [0.5, 0.6) is 5.75 Å². The van der Waals surface area contributed by atoms with Crippen LogP contribution in [-0.2, 0) is 10.5 Å². The standard InChI is InChI=1S/C28H23N5O7S/c34-26-11-10-19-8-4-5-9-23(19)24(26)15-29-31-28(36)25(17-41-16-18-6-2-1-3-7-18)30-27(35)20-12-21(32(37)38)14-22(13-20)33(39)40/h1-15,25,34H,16-17H2,(H,30,35)(H,31,36). The Morgan fingerprint density at radius 2 is 1.59 bits per heavy atom. The lowest BCUT2D eigenvalue weighted by molar-refractivity contribution is -0.394. The molecule has 4 aromatic carbocycles. The van der Waals surface area contributed by atoms with Gasteiger partial charge in [0.1, 0.15) is 11.8 Å². The molecule has 0 saturated carbocycles. The molecular formula is C28H23N5O7S. The number of nitrogens with one attached hydrogen (secondary N) is 2. The molecule has 208 valence electrons. The van der Waals surface area contributed by atoms with Gasteiger partial charge in [0.25, 0.3) is 23.2 Å². The number of fused-ring (bicyclic) bond motifs is 1. The van der Waals surface area contributed by atoms with Gasteiger partial charge in [-0.25, -0.2) is 5.43 Å². The molecule has 0 radical (unpaired) electrons. The second-order valence-electron chi connectivity index (χ2n) is 8.73. The number of phenolic OH excluding ortho intramolecular Hbond substituents is 1. The van der Waals surface area contributed by atoms with Gasteiger partial charge in [0.05, 0.1) is 27.7 Å². The molecule has 41 heavy (non-hydrogen) atoms. The van der Waals surface area contributed by atoms with E-state index in [-0.39, 0.29) is 17.1 Å². The average Bonchev–Trinajstić information content (AvgIpc) is 2.97. The Morgan fingerprint density at radius 1 is 0.927 bits per heavy atom. The predicted molar refractivity (Wildman–Crippen MR) is 155 cm³/mol. The van der Waals surface area contributed by atoms with Gasteiger partial charge in [0.2, 0.25) is 0 Å². The number of nitrogens with zero attached hydrogens (tertiary/aromatic N) is 3. The van der Waals surface area contributed by atoms with E-state index in [0.717, 1.165) is 29.1 Å². The number of nitro groups is 2. The third kappa shape index (κ3) is 7.42. The number of hydrogen-bond donors (Lipinski definition) is 3. The number of benzene rings is 4. The van der Waals surface area contributed by atoms with E-state index in [1.807, 2.05) is 42.5 Å². The van der Waals surface area contributed by atoms with Crippen molar-refractivity contribution in [1.82, 2.24) is 10.7 Å². The third-order valence-corrected chi connectivity index (χ3v) is 7.03. The summed E-state index contributed by atoms with van der Waals surface area (Å²) in [7, 11) is 0. The molecule has 2 amide bonds. The maximum absolute atomic E-state index is 13.1. The van der Waals surface area contributed by atoms with Gasteiger partial charge in [0, 0.05) is 29.2 Å². The van der Waals surface area contributed by atoms with Crippen LogP contribution >= 0.6 is 11.8 Å². The lowest BCUT2D eigenvalue weighted by Gasteiger charge is -2.17. The van der Waals surface area contributed by atoms with Crippen LogP contribution in [0.15, 0.2) is 90.0 Å². The maximum Gasteiger partial charge on any atom is 0.277 e. The number of carbonyl (C=O) groups is 2. The zero-order valence-electron chi connectivity index (χ0n) is 21.3. The summed E-state index contributed by atoms with van der Waals surface area (Å²) in [6, 6.07) is 21.3. The number of thioether (sulfide) groups is 1. The van der Waals surface area contributed by atoms with Crippen molar-refractivity contribution < 1.29 is 24.5 Å². The highest BCUT2D eigenvalue weighted by molar-refractivity contribution is 7.98. The number of rotatable bonds is 11. The number of aromatic hydroxyl groups is 1. The lowest BCUT2D eigenvalue weighted by atomic mass is 10.0. The second-order valence-corrected chi connectivity index (χ2v) is 9.76. The van der Waals surface area contributed by atoms with Crippen molar-refractivity contribution in [3.05, 3.63) is 122 Å². The van der Waals surface area contributed by atoms with Crippen molar-refractivity contribution in [2.45, 2.75) is 11.8 Å². The van der Waals surface area contributed by atoms with Gasteiger partial charge < -0.3 is 10.4 Å². The first-order chi connectivity index (χ1) is 19.7. The minimum Gasteiger partial charge on any atom is -0.507 e. The first-order valence-corrected chi connectivity index (χ1v) is 13.3. The molecule has 0 aliphatic carbocycles. The van der Waals surface area contributed by atoms with Gasteiger partial charge in [-0.2, -0.15) is 16.9 Å². The summed E-state index contributed by atoms with van der Waals surface area (Å²) in [6.45, 7) is 0. The Morgan fingerprint density at radius 3 is 2.27 bits per heavy atom. The summed E-state index contributed by atoms with van der Waals surface area (Å²) in [5.41, 5.74) is 2.11. The Labute approximate surface area is 237 Å². The van der Waals surface area contributed by atoms with Crippen LogP contribution in [0.4, 0.5) is 11.4 Å². The van der Waals surface area contributed by atoms with Crippen molar-refractivity contribution in [2.24, 2.45) is 5.10 Å². The van der Waals surface area contributed by atoms with Crippen LogP contribution in [0.3, 0.4) is 0 Å². The predicted octanol–water partition coefficient (Wildman–Crippen LogP) is 4.54. The molecule has 0 aliphatic heterocycles. The average molecular weight is 574 g/mol. The molecule has 4 aromatic rings. The SMILES string of the molecule is O=C(NC(CSCc1ccccc1)C(=O)NN=Cc1c(O)ccc2ccccc12)c1cc([N+](=O)[O-])cc([N+](=O)[O-])c1. The van der Waals surface area contributed by atoms with Crippen LogP contribution in [-0.4, -0.2) is 44.8 Å².